The van der Waals surface area contributed by atoms with Gasteiger partial charge in [-0.15, -0.1) is 11.3 Å². The maximum atomic E-state index is 13.1. The van der Waals surface area contributed by atoms with Crippen LogP contribution >= 0.6 is 11.3 Å². The van der Waals surface area contributed by atoms with Gasteiger partial charge in [-0.3, -0.25) is 9.48 Å². The van der Waals surface area contributed by atoms with Gasteiger partial charge in [-0.2, -0.15) is 9.40 Å². The summed E-state index contributed by atoms with van der Waals surface area (Å²) in [6.45, 7) is 10.7. The van der Waals surface area contributed by atoms with Crippen molar-refractivity contribution < 1.29 is 13.2 Å². The van der Waals surface area contributed by atoms with Crippen molar-refractivity contribution in [2.24, 2.45) is 0 Å². The Labute approximate surface area is 177 Å². The van der Waals surface area contributed by atoms with Crippen LogP contribution in [0.2, 0.25) is 0 Å². The molecule has 0 spiro atoms. The highest BCUT2D eigenvalue weighted by atomic mass is 32.2. The Hall–Kier alpha value is -1.71. The fourth-order valence-corrected chi connectivity index (χ4v) is 7.01. The van der Waals surface area contributed by atoms with Crippen LogP contribution in [0.5, 0.6) is 0 Å². The van der Waals surface area contributed by atoms with E-state index in [1.807, 2.05) is 18.7 Å². The number of nitrogens with zero attached hydrogens (tertiary/aromatic N) is 4. The van der Waals surface area contributed by atoms with E-state index < -0.39 is 10.0 Å². The molecule has 2 aromatic rings. The molecule has 1 aliphatic heterocycles. The van der Waals surface area contributed by atoms with Gasteiger partial charge in [0.25, 0.3) is 0 Å². The topological polar surface area (TPSA) is 75.5 Å². The third-order valence-corrected chi connectivity index (χ3v) is 9.00. The van der Waals surface area contributed by atoms with Crippen LogP contribution in [0, 0.1) is 13.8 Å². The fourth-order valence-electron chi connectivity index (χ4n) is 4.25. The molecule has 0 fully saturated rings. The summed E-state index contributed by atoms with van der Waals surface area (Å²) in [5, 5.41) is 6.50. The summed E-state index contributed by atoms with van der Waals surface area (Å²) in [5.74, 6) is -0.0221. The van der Waals surface area contributed by atoms with Gasteiger partial charge in [0.15, 0.2) is 0 Å². The van der Waals surface area contributed by atoms with E-state index in [1.165, 1.54) is 14.7 Å². The second-order valence-corrected chi connectivity index (χ2v) is 10.2. The van der Waals surface area contributed by atoms with Gasteiger partial charge >= 0.3 is 0 Å². The van der Waals surface area contributed by atoms with E-state index in [1.54, 1.807) is 29.9 Å². The minimum Gasteiger partial charge on any atom is -0.334 e. The Kier molecular flexibility index (Phi) is 6.50. The van der Waals surface area contributed by atoms with Crippen LogP contribution in [0.4, 0.5) is 0 Å². The van der Waals surface area contributed by atoms with Crippen molar-refractivity contribution in [3.63, 3.8) is 0 Å². The molecule has 0 aromatic carbocycles. The van der Waals surface area contributed by atoms with Gasteiger partial charge in [-0.05, 0) is 43.7 Å². The molecule has 9 heteroatoms. The SMILES string of the molecule is CCC1c2ccsc2CCN1C(=O)Cn1nc(C)c(S(=O)(=O)N(CC)CC)c1C. The molecule has 3 heterocycles. The number of aromatic nitrogens is 2. The monoisotopic (exact) mass is 438 g/mol. The molecule has 7 nitrogen and oxygen atoms in total. The minimum atomic E-state index is -3.62. The van der Waals surface area contributed by atoms with E-state index >= 15 is 0 Å². The summed E-state index contributed by atoms with van der Waals surface area (Å²) in [6.07, 6.45) is 1.72. The second-order valence-electron chi connectivity index (χ2n) is 7.31. The highest BCUT2D eigenvalue weighted by Gasteiger charge is 2.33. The summed E-state index contributed by atoms with van der Waals surface area (Å²) in [6, 6.07) is 2.19. The van der Waals surface area contributed by atoms with E-state index in [4.69, 9.17) is 0 Å². The van der Waals surface area contributed by atoms with Crippen molar-refractivity contribution >= 4 is 27.3 Å². The van der Waals surface area contributed by atoms with Crippen LogP contribution in [0.25, 0.3) is 0 Å². The summed E-state index contributed by atoms with van der Waals surface area (Å²) >= 11 is 1.75. The molecule has 1 unspecified atom stereocenters. The molecule has 2 aromatic heterocycles. The minimum absolute atomic E-state index is 0.0221. The number of hydrogen-bond donors (Lipinski definition) is 0. The first kappa shape index (κ1) is 22.0. The lowest BCUT2D eigenvalue weighted by atomic mass is 9.98. The smallest absolute Gasteiger partial charge is 0.246 e. The number of amides is 1. The molecule has 0 aliphatic carbocycles. The predicted octanol–water partition coefficient (Wildman–Crippen LogP) is 3.13. The number of fused-ring (bicyclic) bond motifs is 1. The number of aryl methyl sites for hydroxylation is 1. The maximum absolute atomic E-state index is 13.1. The van der Waals surface area contributed by atoms with Gasteiger partial charge in [0.1, 0.15) is 11.4 Å². The van der Waals surface area contributed by atoms with E-state index in [0.29, 0.717) is 31.0 Å². The number of thiophene rings is 1. The molecule has 3 rings (SSSR count). The Morgan fingerprint density at radius 1 is 1.28 bits per heavy atom. The van der Waals surface area contributed by atoms with Crippen LogP contribution in [0.3, 0.4) is 0 Å². The summed E-state index contributed by atoms with van der Waals surface area (Å²) in [7, 11) is -3.62. The number of hydrogen-bond acceptors (Lipinski definition) is 5. The quantitative estimate of drug-likeness (QED) is 0.666. The normalized spacial score (nSPS) is 17.0. The Balaban J connectivity index is 1.87. The standard InChI is InChI=1S/C20H30N4O3S2/c1-6-17-16-10-12-28-18(16)9-11-23(17)19(25)13-24-15(5)20(14(4)21-24)29(26,27)22(7-2)8-3/h10,12,17H,6-9,11,13H2,1-5H3. The van der Waals surface area contributed by atoms with Gasteiger partial charge in [-0.25, -0.2) is 8.42 Å². The molecule has 0 N–H and O–H groups in total. The third kappa shape index (κ3) is 3.87. The average Bonchev–Trinajstić information content (AvgIpc) is 3.25. The molecule has 1 aliphatic rings. The first-order chi connectivity index (χ1) is 13.8. The number of sulfonamides is 1. The second kappa shape index (κ2) is 8.57. The average molecular weight is 439 g/mol. The Morgan fingerprint density at radius 2 is 1.97 bits per heavy atom. The molecule has 1 atom stereocenters. The zero-order valence-corrected chi connectivity index (χ0v) is 19.4. The highest BCUT2D eigenvalue weighted by Crippen LogP contribution is 2.35. The highest BCUT2D eigenvalue weighted by molar-refractivity contribution is 7.89. The van der Waals surface area contributed by atoms with Crippen molar-refractivity contribution in [2.45, 2.75) is 64.9 Å². The molecular formula is C20H30N4O3S2. The molecule has 0 saturated heterocycles. The molecule has 0 radical (unpaired) electrons. The zero-order valence-electron chi connectivity index (χ0n) is 17.8. The lowest BCUT2D eigenvalue weighted by Gasteiger charge is -2.35. The van der Waals surface area contributed by atoms with Crippen molar-refractivity contribution in [3.05, 3.63) is 33.3 Å². The third-order valence-electron chi connectivity index (χ3n) is 5.71. The van der Waals surface area contributed by atoms with Crippen LogP contribution in [-0.2, 0) is 27.8 Å². The van der Waals surface area contributed by atoms with E-state index in [2.05, 4.69) is 23.5 Å². The van der Waals surface area contributed by atoms with Crippen molar-refractivity contribution in [1.29, 1.82) is 0 Å². The van der Waals surface area contributed by atoms with Crippen LogP contribution in [-0.4, -0.2) is 52.9 Å². The van der Waals surface area contributed by atoms with Gasteiger partial charge in [0, 0.05) is 24.5 Å². The summed E-state index contributed by atoms with van der Waals surface area (Å²) in [4.78, 5) is 16.6. The molecule has 0 bridgehead atoms. The largest absolute Gasteiger partial charge is 0.334 e. The zero-order chi connectivity index (χ0) is 21.3. The van der Waals surface area contributed by atoms with Gasteiger partial charge < -0.3 is 4.90 Å². The first-order valence-electron chi connectivity index (χ1n) is 10.2. The lowest BCUT2D eigenvalue weighted by Crippen LogP contribution is -2.41. The van der Waals surface area contributed by atoms with Gasteiger partial charge in [-0.1, -0.05) is 20.8 Å². The van der Waals surface area contributed by atoms with Crippen molar-refractivity contribution in [3.8, 4) is 0 Å². The molecular weight excluding hydrogens is 408 g/mol. The number of carbonyl (C=O) groups is 1. The fraction of sp³-hybridized carbons (Fsp3) is 0.600. The van der Waals surface area contributed by atoms with E-state index in [9.17, 15) is 13.2 Å². The Bertz CT molecular complexity index is 990. The van der Waals surface area contributed by atoms with Crippen LogP contribution < -0.4 is 0 Å². The van der Waals surface area contributed by atoms with Crippen molar-refractivity contribution in [1.82, 2.24) is 19.0 Å². The van der Waals surface area contributed by atoms with Crippen LogP contribution in [0.1, 0.15) is 55.1 Å². The number of rotatable bonds is 7. The summed E-state index contributed by atoms with van der Waals surface area (Å²) < 4.78 is 29.0. The van der Waals surface area contributed by atoms with Gasteiger partial charge in [0.05, 0.1) is 17.4 Å². The van der Waals surface area contributed by atoms with Gasteiger partial charge in [0.2, 0.25) is 15.9 Å². The maximum Gasteiger partial charge on any atom is 0.246 e. The molecule has 160 valence electrons. The predicted molar refractivity (Wildman–Crippen MR) is 115 cm³/mol. The van der Waals surface area contributed by atoms with Crippen LogP contribution in [0.15, 0.2) is 16.3 Å². The van der Waals surface area contributed by atoms with E-state index in [0.717, 1.165) is 12.8 Å². The first-order valence-corrected chi connectivity index (χ1v) is 12.5. The lowest BCUT2D eigenvalue weighted by molar-refractivity contribution is -0.135. The Morgan fingerprint density at radius 3 is 2.59 bits per heavy atom. The number of carbonyl (C=O) groups excluding carboxylic acids is 1. The molecule has 29 heavy (non-hydrogen) atoms. The van der Waals surface area contributed by atoms with E-state index in [-0.39, 0.29) is 23.4 Å². The molecule has 1 amide bonds. The molecule has 0 saturated carbocycles. The van der Waals surface area contributed by atoms with Crippen molar-refractivity contribution in [2.75, 3.05) is 19.6 Å². The summed E-state index contributed by atoms with van der Waals surface area (Å²) in [5.41, 5.74) is 2.20.